The first-order chi connectivity index (χ1) is 15.6. The lowest BCUT2D eigenvalue weighted by atomic mass is 10.2. The molecule has 0 aromatic carbocycles. The van der Waals surface area contributed by atoms with E-state index in [1.54, 1.807) is 22.7 Å². The molecule has 4 heterocycles. The maximum atomic E-state index is 12.7. The highest BCUT2D eigenvalue weighted by Gasteiger charge is 2.37. The molecule has 3 aromatic heterocycles. The predicted octanol–water partition coefficient (Wildman–Crippen LogP) is 8.54. The number of imide groups is 1. The van der Waals surface area contributed by atoms with Crippen molar-refractivity contribution in [3.63, 3.8) is 0 Å². The molecule has 2 amide bonds. The van der Waals surface area contributed by atoms with Crippen LogP contribution in [0.25, 0.3) is 24.1 Å². The van der Waals surface area contributed by atoms with Crippen LogP contribution in [0.2, 0.25) is 0 Å². The molecule has 0 saturated carbocycles. The summed E-state index contributed by atoms with van der Waals surface area (Å²) < 4.78 is 2.50. The van der Waals surface area contributed by atoms with Crippen molar-refractivity contribution < 1.29 is 9.59 Å². The van der Waals surface area contributed by atoms with E-state index < -0.39 is 0 Å². The third kappa shape index (κ3) is 4.67. The highest BCUT2D eigenvalue weighted by Crippen LogP contribution is 2.45. The van der Waals surface area contributed by atoms with Crippen molar-refractivity contribution in [3.8, 4) is 9.75 Å². The van der Waals surface area contributed by atoms with Crippen LogP contribution >= 0.6 is 45.8 Å². The van der Waals surface area contributed by atoms with Crippen molar-refractivity contribution in [3.05, 3.63) is 52.2 Å². The molecule has 4 rings (SSSR count). The molecule has 1 aliphatic heterocycles. The van der Waals surface area contributed by atoms with E-state index in [-0.39, 0.29) is 11.8 Å². The van der Waals surface area contributed by atoms with Crippen LogP contribution in [-0.2, 0) is 0 Å². The Hall–Kier alpha value is -1.67. The molecule has 0 aliphatic carbocycles. The van der Waals surface area contributed by atoms with Crippen LogP contribution in [0.4, 0.5) is 0 Å². The summed E-state index contributed by atoms with van der Waals surface area (Å²) in [4.78, 5) is 32.1. The van der Waals surface area contributed by atoms with Crippen molar-refractivity contribution in [2.24, 2.45) is 0 Å². The summed E-state index contributed by atoms with van der Waals surface area (Å²) in [5, 5.41) is 0. The van der Waals surface area contributed by atoms with Crippen molar-refractivity contribution in [1.29, 1.82) is 0 Å². The minimum Gasteiger partial charge on any atom is -0.274 e. The first-order valence-electron chi connectivity index (χ1n) is 11.1. The Balaban J connectivity index is 1.54. The lowest BCUT2D eigenvalue weighted by Crippen LogP contribution is -2.30. The fraction of sp³-hybridized carbons (Fsp3) is 0.360. The van der Waals surface area contributed by atoms with Crippen molar-refractivity contribution in [2.75, 3.05) is 12.3 Å². The van der Waals surface area contributed by atoms with E-state index in [9.17, 15) is 9.59 Å². The number of allylic oxidation sites excluding steroid dienone is 2. The molecule has 32 heavy (non-hydrogen) atoms. The minimum atomic E-state index is -0.138. The summed E-state index contributed by atoms with van der Waals surface area (Å²) in [7, 11) is 0. The predicted molar refractivity (Wildman–Crippen MR) is 143 cm³/mol. The van der Waals surface area contributed by atoms with Gasteiger partial charge in [-0.15, -0.1) is 45.8 Å². The third-order valence-corrected chi connectivity index (χ3v) is 10.3. The van der Waals surface area contributed by atoms with Crippen LogP contribution < -0.4 is 0 Å². The van der Waals surface area contributed by atoms with Crippen LogP contribution in [0.15, 0.2) is 36.9 Å². The molecule has 0 fully saturated rings. The number of carbonyl (C=O) groups is 2. The molecule has 0 atom stereocenters. The van der Waals surface area contributed by atoms with Gasteiger partial charge in [-0.05, 0) is 42.9 Å². The molecule has 7 heteroatoms. The summed E-state index contributed by atoms with van der Waals surface area (Å²) in [6.45, 7) is 8.69. The first-order valence-corrected chi connectivity index (χ1v) is 14.5. The molecule has 0 spiro atoms. The van der Waals surface area contributed by atoms with Crippen LogP contribution in [0, 0.1) is 0 Å². The monoisotopic (exact) mass is 501 g/mol. The van der Waals surface area contributed by atoms with Gasteiger partial charge >= 0.3 is 0 Å². The van der Waals surface area contributed by atoms with Gasteiger partial charge in [-0.2, -0.15) is 0 Å². The molecule has 0 saturated heterocycles. The van der Waals surface area contributed by atoms with Gasteiger partial charge in [-0.25, -0.2) is 0 Å². The Morgan fingerprint density at radius 1 is 0.969 bits per heavy atom. The summed E-state index contributed by atoms with van der Waals surface area (Å²) in [5.74, 6) is 0.859. The highest BCUT2D eigenvalue weighted by molar-refractivity contribution is 8.08. The standard InChI is InChI=1S/C25H27NO2S4/c1-4-7-9-12-29-17(10-6-3)19-14-21-22(30-19)15-20(31-21)18-13-16-23(32-18)25(28)26(24(16)27)11-8-5-2/h6,10,13-15H,3-5,7-9,11-12H2,1-2H3/b17-10-. The van der Waals surface area contributed by atoms with Crippen molar-refractivity contribution in [1.82, 2.24) is 4.90 Å². The number of hydrogen-bond donors (Lipinski definition) is 0. The van der Waals surface area contributed by atoms with Crippen LogP contribution in [0.1, 0.15) is 70.9 Å². The van der Waals surface area contributed by atoms with Gasteiger partial charge in [-0.1, -0.05) is 45.8 Å². The van der Waals surface area contributed by atoms with Gasteiger partial charge in [-0.3, -0.25) is 14.5 Å². The topological polar surface area (TPSA) is 37.4 Å². The fourth-order valence-corrected chi connectivity index (χ4v) is 8.38. The largest absolute Gasteiger partial charge is 0.274 e. The van der Waals surface area contributed by atoms with Gasteiger partial charge in [0.25, 0.3) is 11.8 Å². The number of hydrogen-bond acceptors (Lipinski definition) is 6. The zero-order valence-electron chi connectivity index (χ0n) is 18.4. The summed E-state index contributed by atoms with van der Waals surface area (Å²) >= 11 is 6.90. The average molecular weight is 502 g/mol. The van der Waals surface area contributed by atoms with Crippen LogP contribution in [0.5, 0.6) is 0 Å². The van der Waals surface area contributed by atoms with E-state index >= 15 is 0 Å². The number of nitrogens with zero attached hydrogens (tertiary/aromatic N) is 1. The molecule has 3 aromatic rings. The van der Waals surface area contributed by atoms with Gasteiger partial charge in [0.1, 0.15) is 4.88 Å². The van der Waals surface area contributed by atoms with E-state index in [2.05, 4.69) is 38.6 Å². The lowest BCUT2D eigenvalue weighted by molar-refractivity contribution is 0.0653. The molecule has 3 nitrogen and oxygen atoms in total. The number of amides is 2. The molecular weight excluding hydrogens is 475 g/mol. The number of fused-ring (bicyclic) bond motifs is 2. The second kappa shape index (κ2) is 10.5. The number of rotatable bonds is 11. The number of carbonyl (C=O) groups excluding carboxylic acids is 2. The van der Waals surface area contributed by atoms with Gasteiger partial charge < -0.3 is 0 Å². The first kappa shape index (κ1) is 23.5. The fourth-order valence-electron chi connectivity index (χ4n) is 3.63. The Labute approximate surface area is 205 Å². The summed E-state index contributed by atoms with van der Waals surface area (Å²) in [6, 6.07) is 6.38. The van der Waals surface area contributed by atoms with E-state index in [0.29, 0.717) is 17.0 Å². The Morgan fingerprint density at radius 2 is 1.72 bits per heavy atom. The van der Waals surface area contributed by atoms with E-state index in [4.69, 9.17) is 0 Å². The summed E-state index contributed by atoms with van der Waals surface area (Å²) in [6.07, 6.45) is 9.52. The summed E-state index contributed by atoms with van der Waals surface area (Å²) in [5.41, 5.74) is 0.572. The molecule has 1 aliphatic rings. The maximum Gasteiger partial charge on any atom is 0.271 e. The Kier molecular flexibility index (Phi) is 7.71. The molecular formula is C25H27NO2S4. The Morgan fingerprint density at radius 3 is 2.41 bits per heavy atom. The molecule has 0 bridgehead atoms. The zero-order valence-corrected chi connectivity index (χ0v) is 21.7. The molecule has 0 unspecified atom stereocenters. The minimum absolute atomic E-state index is 0.130. The second-order valence-electron chi connectivity index (χ2n) is 7.74. The molecule has 0 radical (unpaired) electrons. The van der Waals surface area contributed by atoms with Crippen LogP contribution in [0.3, 0.4) is 0 Å². The maximum absolute atomic E-state index is 12.7. The zero-order chi connectivity index (χ0) is 22.7. The number of unbranched alkanes of at least 4 members (excludes halogenated alkanes) is 3. The SMILES string of the molecule is C=C/C=C(\SCCCCC)c1cc2sc(-c3cc4c(s3)C(=O)N(CCCC)C4=O)cc2s1. The van der Waals surface area contributed by atoms with Gasteiger partial charge in [0.15, 0.2) is 0 Å². The third-order valence-electron chi connectivity index (χ3n) is 5.35. The van der Waals surface area contributed by atoms with E-state index in [1.807, 2.05) is 23.9 Å². The highest BCUT2D eigenvalue weighted by atomic mass is 32.2. The smallest absolute Gasteiger partial charge is 0.271 e. The second-order valence-corrected chi connectivity index (χ2v) is 12.1. The molecule has 168 valence electrons. The van der Waals surface area contributed by atoms with E-state index in [0.717, 1.165) is 28.3 Å². The lowest BCUT2D eigenvalue weighted by Gasteiger charge is -2.12. The van der Waals surface area contributed by atoms with Gasteiger partial charge in [0.2, 0.25) is 0 Å². The van der Waals surface area contributed by atoms with E-state index in [1.165, 1.54) is 54.7 Å². The molecule has 0 N–H and O–H groups in total. The average Bonchev–Trinajstić information content (AvgIpc) is 3.51. The number of thiophene rings is 3. The number of thioether (sulfide) groups is 1. The van der Waals surface area contributed by atoms with Crippen molar-refractivity contribution >= 4 is 71.9 Å². The van der Waals surface area contributed by atoms with Crippen molar-refractivity contribution in [2.45, 2.75) is 46.0 Å². The van der Waals surface area contributed by atoms with Gasteiger partial charge in [0, 0.05) is 35.5 Å². The Bertz CT molecular complexity index is 1120. The normalized spacial score (nSPS) is 14.1. The quantitative estimate of drug-likeness (QED) is 0.150. The van der Waals surface area contributed by atoms with Gasteiger partial charge in [0.05, 0.1) is 5.56 Å². The van der Waals surface area contributed by atoms with Crippen LogP contribution in [-0.4, -0.2) is 29.0 Å².